The molecule has 0 atom stereocenters. The molecule has 0 aromatic heterocycles. The van der Waals surface area contributed by atoms with Gasteiger partial charge in [-0.2, -0.15) is 0 Å². The Balaban J connectivity index is 1.44. The second kappa shape index (κ2) is 10.9. The van der Waals surface area contributed by atoms with Gasteiger partial charge in [-0.05, 0) is 44.2 Å². The van der Waals surface area contributed by atoms with Crippen molar-refractivity contribution in [1.82, 2.24) is 14.7 Å². The number of hydrogen-bond donors (Lipinski definition) is 1. The van der Waals surface area contributed by atoms with E-state index in [0.29, 0.717) is 43.3 Å². The fourth-order valence-corrected chi connectivity index (χ4v) is 4.11. The molecule has 0 saturated carbocycles. The predicted octanol–water partition coefficient (Wildman–Crippen LogP) is 3.31. The zero-order valence-corrected chi connectivity index (χ0v) is 19.6. The van der Waals surface area contributed by atoms with Crippen LogP contribution in [0.15, 0.2) is 36.4 Å². The third kappa shape index (κ3) is 6.28. The number of carbonyl (C=O) groups is 2. The summed E-state index contributed by atoms with van der Waals surface area (Å²) in [4.78, 5) is 30.8. The Morgan fingerprint density at radius 2 is 1.69 bits per heavy atom. The van der Waals surface area contributed by atoms with Crippen molar-refractivity contribution in [1.29, 1.82) is 0 Å². The molecule has 3 rings (SSSR count). The van der Waals surface area contributed by atoms with Gasteiger partial charge in [0.25, 0.3) is 0 Å². The number of aryl methyl sites for hydroxylation is 2. The SMILES string of the molecule is Cc1cccc(C)c1NC(=O)CN1CCN(C(=O)CN(C)Cc2c(F)cccc2Cl)CC1. The van der Waals surface area contributed by atoms with Crippen LogP contribution in [0.5, 0.6) is 0 Å². The molecule has 2 aromatic carbocycles. The minimum atomic E-state index is -0.371. The molecule has 32 heavy (non-hydrogen) atoms. The van der Waals surface area contributed by atoms with Gasteiger partial charge in [-0.15, -0.1) is 0 Å². The largest absolute Gasteiger partial charge is 0.339 e. The maximum absolute atomic E-state index is 14.0. The van der Waals surface area contributed by atoms with Crippen molar-refractivity contribution in [2.45, 2.75) is 20.4 Å². The lowest BCUT2D eigenvalue weighted by Gasteiger charge is -2.35. The minimum Gasteiger partial charge on any atom is -0.339 e. The van der Waals surface area contributed by atoms with Crippen LogP contribution in [0.1, 0.15) is 16.7 Å². The van der Waals surface area contributed by atoms with E-state index < -0.39 is 0 Å². The topological polar surface area (TPSA) is 55.9 Å². The van der Waals surface area contributed by atoms with Crippen LogP contribution in [0.25, 0.3) is 0 Å². The number of nitrogens with zero attached hydrogens (tertiary/aromatic N) is 3. The van der Waals surface area contributed by atoms with Crippen LogP contribution in [-0.4, -0.2) is 72.8 Å². The van der Waals surface area contributed by atoms with E-state index in [-0.39, 0.29) is 30.7 Å². The van der Waals surface area contributed by atoms with E-state index in [2.05, 4.69) is 10.2 Å². The molecule has 0 aliphatic carbocycles. The molecule has 6 nitrogen and oxygen atoms in total. The zero-order valence-electron chi connectivity index (χ0n) is 18.8. The Kier molecular flexibility index (Phi) is 8.23. The summed E-state index contributed by atoms with van der Waals surface area (Å²) in [5.74, 6) is -0.437. The van der Waals surface area contributed by atoms with E-state index in [1.807, 2.05) is 32.0 Å². The number of rotatable bonds is 7. The monoisotopic (exact) mass is 460 g/mol. The number of carbonyl (C=O) groups excluding carboxylic acids is 2. The Morgan fingerprint density at radius 1 is 1.06 bits per heavy atom. The van der Waals surface area contributed by atoms with Gasteiger partial charge in [-0.3, -0.25) is 19.4 Å². The van der Waals surface area contributed by atoms with Gasteiger partial charge in [0.05, 0.1) is 13.1 Å². The first-order valence-electron chi connectivity index (χ1n) is 10.7. The van der Waals surface area contributed by atoms with Crippen molar-refractivity contribution in [2.75, 3.05) is 51.6 Å². The number of halogens is 2. The first-order valence-corrected chi connectivity index (χ1v) is 11.1. The molecule has 0 bridgehead atoms. The summed E-state index contributed by atoms with van der Waals surface area (Å²) in [5, 5.41) is 3.37. The van der Waals surface area contributed by atoms with Crippen LogP contribution in [0.2, 0.25) is 5.02 Å². The van der Waals surface area contributed by atoms with Crippen molar-refractivity contribution in [2.24, 2.45) is 0 Å². The highest BCUT2D eigenvalue weighted by atomic mass is 35.5. The van der Waals surface area contributed by atoms with Gasteiger partial charge in [0.1, 0.15) is 5.82 Å². The highest BCUT2D eigenvalue weighted by Gasteiger charge is 2.24. The summed E-state index contributed by atoms with van der Waals surface area (Å²) in [6.07, 6.45) is 0. The van der Waals surface area contributed by atoms with E-state index in [0.717, 1.165) is 16.8 Å². The lowest BCUT2D eigenvalue weighted by atomic mass is 10.1. The Morgan fingerprint density at radius 3 is 2.31 bits per heavy atom. The van der Waals surface area contributed by atoms with Crippen LogP contribution in [0.3, 0.4) is 0 Å². The van der Waals surface area contributed by atoms with Crippen LogP contribution in [0, 0.1) is 19.7 Å². The highest BCUT2D eigenvalue weighted by molar-refractivity contribution is 6.31. The Labute approximate surface area is 193 Å². The number of likely N-dealkylation sites (N-methyl/N-ethyl adjacent to an activating group) is 1. The molecule has 172 valence electrons. The number of piperazine rings is 1. The lowest BCUT2D eigenvalue weighted by Crippen LogP contribution is -2.52. The van der Waals surface area contributed by atoms with Gasteiger partial charge in [0.2, 0.25) is 11.8 Å². The van der Waals surface area contributed by atoms with Crippen molar-refractivity contribution >= 4 is 29.1 Å². The van der Waals surface area contributed by atoms with E-state index in [4.69, 9.17) is 11.6 Å². The number of anilines is 1. The van der Waals surface area contributed by atoms with Gasteiger partial charge in [-0.25, -0.2) is 4.39 Å². The standard InChI is InChI=1S/C24H30ClFN4O2/c1-17-6-4-7-18(2)24(17)27-22(31)15-29-10-12-30(13-11-29)23(32)16-28(3)14-19-20(25)8-5-9-21(19)26/h4-9H,10-16H2,1-3H3,(H,27,31). The molecule has 2 amide bonds. The Bertz CT molecular complexity index is 936. The predicted molar refractivity (Wildman–Crippen MR) is 125 cm³/mol. The number of nitrogens with one attached hydrogen (secondary N) is 1. The van der Waals surface area contributed by atoms with E-state index in [9.17, 15) is 14.0 Å². The average Bonchev–Trinajstić information content (AvgIpc) is 2.74. The molecular weight excluding hydrogens is 431 g/mol. The van der Waals surface area contributed by atoms with Gasteiger partial charge in [0.15, 0.2) is 0 Å². The molecule has 1 aliphatic rings. The summed E-state index contributed by atoms with van der Waals surface area (Å²) >= 11 is 6.08. The summed E-state index contributed by atoms with van der Waals surface area (Å²) in [6.45, 7) is 7.07. The van der Waals surface area contributed by atoms with E-state index in [1.165, 1.54) is 6.07 Å². The average molecular weight is 461 g/mol. The third-order valence-corrected chi connectivity index (χ3v) is 6.09. The number of amides is 2. The maximum atomic E-state index is 14.0. The van der Waals surface area contributed by atoms with Crippen LogP contribution >= 0.6 is 11.6 Å². The van der Waals surface area contributed by atoms with Crippen LogP contribution < -0.4 is 5.32 Å². The van der Waals surface area contributed by atoms with Crippen LogP contribution in [0.4, 0.5) is 10.1 Å². The number of hydrogen-bond acceptors (Lipinski definition) is 4. The quantitative estimate of drug-likeness (QED) is 0.688. The first-order chi connectivity index (χ1) is 15.2. The zero-order chi connectivity index (χ0) is 23.3. The number of benzene rings is 2. The second-order valence-electron chi connectivity index (χ2n) is 8.34. The highest BCUT2D eigenvalue weighted by Crippen LogP contribution is 2.21. The van der Waals surface area contributed by atoms with Crippen molar-refractivity contribution in [3.8, 4) is 0 Å². The second-order valence-corrected chi connectivity index (χ2v) is 8.75. The molecular formula is C24H30ClFN4O2. The van der Waals surface area contributed by atoms with Gasteiger partial charge < -0.3 is 10.2 Å². The summed E-state index contributed by atoms with van der Waals surface area (Å²) < 4.78 is 14.0. The molecule has 1 fully saturated rings. The normalized spacial score (nSPS) is 14.6. The van der Waals surface area contributed by atoms with Gasteiger partial charge >= 0.3 is 0 Å². The van der Waals surface area contributed by atoms with Crippen molar-refractivity contribution < 1.29 is 14.0 Å². The molecule has 1 aliphatic heterocycles. The summed E-state index contributed by atoms with van der Waals surface area (Å²) in [7, 11) is 1.77. The summed E-state index contributed by atoms with van der Waals surface area (Å²) in [6, 6.07) is 10.5. The minimum absolute atomic E-state index is 0.0143. The molecule has 0 unspecified atom stereocenters. The number of para-hydroxylation sites is 1. The van der Waals surface area contributed by atoms with E-state index in [1.54, 1.807) is 29.0 Å². The van der Waals surface area contributed by atoms with Crippen molar-refractivity contribution in [3.05, 3.63) is 63.9 Å². The van der Waals surface area contributed by atoms with Crippen molar-refractivity contribution in [3.63, 3.8) is 0 Å². The molecule has 8 heteroatoms. The Hall–Kier alpha value is -2.48. The smallest absolute Gasteiger partial charge is 0.238 e. The molecule has 1 heterocycles. The van der Waals surface area contributed by atoms with Crippen LogP contribution in [-0.2, 0) is 16.1 Å². The third-order valence-electron chi connectivity index (χ3n) is 5.73. The fourth-order valence-electron chi connectivity index (χ4n) is 3.89. The van der Waals surface area contributed by atoms with Gasteiger partial charge in [0, 0.05) is 49.0 Å². The lowest BCUT2D eigenvalue weighted by molar-refractivity contribution is -0.134. The first kappa shape index (κ1) is 24.2. The molecule has 0 spiro atoms. The molecule has 1 N–H and O–H groups in total. The maximum Gasteiger partial charge on any atom is 0.238 e. The molecule has 0 radical (unpaired) electrons. The molecule has 1 saturated heterocycles. The fraction of sp³-hybridized carbons (Fsp3) is 0.417. The van der Waals surface area contributed by atoms with Gasteiger partial charge in [-0.1, -0.05) is 35.9 Å². The summed E-state index contributed by atoms with van der Waals surface area (Å²) in [5.41, 5.74) is 3.33. The molecule has 2 aromatic rings. The van der Waals surface area contributed by atoms with E-state index >= 15 is 0 Å².